The number of carbonyl (C=O) groups is 1. The summed E-state index contributed by atoms with van der Waals surface area (Å²) in [5.74, 6) is 0.483. The zero-order valence-corrected chi connectivity index (χ0v) is 16.6. The second-order valence-electron chi connectivity index (χ2n) is 7.33. The van der Waals surface area contributed by atoms with E-state index in [-0.39, 0.29) is 5.78 Å². The van der Waals surface area contributed by atoms with E-state index in [1.54, 1.807) is 10.9 Å². The van der Waals surface area contributed by atoms with Crippen molar-refractivity contribution in [2.75, 3.05) is 5.73 Å². The summed E-state index contributed by atoms with van der Waals surface area (Å²) in [5, 5.41) is 10.6. The van der Waals surface area contributed by atoms with Crippen molar-refractivity contribution in [2.45, 2.75) is 33.2 Å². The molecule has 0 unspecified atom stereocenters. The second kappa shape index (κ2) is 7.83. The number of fused-ring (bicyclic) bond motifs is 1. The Balaban J connectivity index is 1.43. The predicted molar refractivity (Wildman–Crippen MR) is 114 cm³/mol. The largest absolute Gasteiger partial charge is 0.384 e. The van der Waals surface area contributed by atoms with Crippen LogP contribution in [0.1, 0.15) is 39.3 Å². The van der Waals surface area contributed by atoms with Crippen molar-refractivity contribution < 1.29 is 4.79 Å². The number of benzene rings is 2. The minimum Gasteiger partial charge on any atom is -0.384 e. The van der Waals surface area contributed by atoms with Crippen LogP contribution in [-0.2, 0) is 13.0 Å². The molecule has 2 aromatic heterocycles. The minimum absolute atomic E-state index is 0.0228. The van der Waals surface area contributed by atoms with Crippen LogP contribution >= 0.6 is 0 Å². The fourth-order valence-corrected chi connectivity index (χ4v) is 3.66. The van der Waals surface area contributed by atoms with E-state index in [0.717, 1.165) is 22.4 Å². The number of hydrogen-bond donors (Lipinski definition) is 1. The molecule has 146 valence electrons. The lowest BCUT2D eigenvalue weighted by Crippen LogP contribution is -2.06. The van der Waals surface area contributed by atoms with Gasteiger partial charge in [0.05, 0.1) is 12.7 Å². The molecule has 4 aromatic rings. The SMILES string of the molecule is Cc1cc(N)nc(C)c1CCC(=O)c1cn(Cc2ccc3ccccc3c2)nn1. The quantitative estimate of drug-likeness (QED) is 0.509. The Bertz CT molecular complexity index is 1170. The van der Waals surface area contributed by atoms with E-state index in [4.69, 9.17) is 5.73 Å². The fourth-order valence-electron chi connectivity index (χ4n) is 3.66. The summed E-state index contributed by atoms with van der Waals surface area (Å²) < 4.78 is 1.71. The number of pyridine rings is 1. The average molecular weight is 385 g/mol. The van der Waals surface area contributed by atoms with Gasteiger partial charge in [-0.05, 0) is 59.9 Å². The topological polar surface area (TPSA) is 86.7 Å². The van der Waals surface area contributed by atoms with Gasteiger partial charge in [-0.1, -0.05) is 41.6 Å². The predicted octanol–water partition coefficient (Wildman–Crippen LogP) is 3.89. The summed E-state index contributed by atoms with van der Waals surface area (Å²) in [7, 11) is 0. The van der Waals surface area contributed by atoms with Gasteiger partial charge in [-0.15, -0.1) is 5.10 Å². The number of hydrogen-bond acceptors (Lipinski definition) is 5. The van der Waals surface area contributed by atoms with Gasteiger partial charge in [0.2, 0.25) is 0 Å². The van der Waals surface area contributed by atoms with Crippen LogP contribution in [0.15, 0.2) is 54.7 Å². The Labute approximate surface area is 169 Å². The van der Waals surface area contributed by atoms with Gasteiger partial charge in [-0.3, -0.25) is 4.79 Å². The molecule has 0 bridgehead atoms. The molecule has 0 aliphatic carbocycles. The van der Waals surface area contributed by atoms with Crippen molar-refractivity contribution in [3.05, 3.63) is 82.8 Å². The second-order valence-corrected chi connectivity index (χ2v) is 7.33. The molecule has 4 rings (SSSR count). The highest BCUT2D eigenvalue weighted by atomic mass is 16.1. The molecule has 2 heterocycles. The van der Waals surface area contributed by atoms with Crippen molar-refractivity contribution in [3.63, 3.8) is 0 Å². The first kappa shape index (κ1) is 18.8. The highest BCUT2D eigenvalue weighted by molar-refractivity contribution is 5.94. The van der Waals surface area contributed by atoms with E-state index < -0.39 is 0 Å². The number of carbonyl (C=O) groups excluding carboxylic acids is 1. The lowest BCUT2D eigenvalue weighted by molar-refractivity contribution is 0.0978. The number of nitrogens with two attached hydrogens (primary N) is 1. The van der Waals surface area contributed by atoms with E-state index in [0.29, 0.717) is 30.9 Å². The summed E-state index contributed by atoms with van der Waals surface area (Å²) in [6, 6.07) is 16.4. The molecular weight excluding hydrogens is 362 g/mol. The van der Waals surface area contributed by atoms with Crippen molar-refractivity contribution in [3.8, 4) is 0 Å². The zero-order chi connectivity index (χ0) is 20.4. The third kappa shape index (κ3) is 4.16. The Morgan fingerprint density at radius 3 is 2.66 bits per heavy atom. The Kier molecular flexibility index (Phi) is 5.08. The zero-order valence-electron chi connectivity index (χ0n) is 16.6. The van der Waals surface area contributed by atoms with Gasteiger partial charge in [0.15, 0.2) is 5.78 Å². The maximum Gasteiger partial charge on any atom is 0.185 e. The van der Waals surface area contributed by atoms with E-state index >= 15 is 0 Å². The van der Waals surface area contributed by atoms with E-state index in [9.17, 15) is 4.79 Å². The first-order valence-corrected chi connectivity index (χ1v) is 9.63. The number of nitrogen functional groups attached to an aromatic ring is 1. The standard InChI is InChI=1S/C23H23N5O/c1-15-11-23(24)25-16(2)20(15)9-10-22(29)21-14-28(27-26-21)13-17-7-8-18-5-3-4-6-19(18)12-17/h3-8,11-12,14H,9-10,13H2,1-2H3,(H2,24,25). The summed E-state index contributed by atoms with van der Waals surface area (Å²) >= 11 is 0. The lowest BCUT2D eigenvalue weighted by Gasteiger charge is -2.09. The van der Waals surface area contributed by atoms with Crippen LogP contribution < -0.4 is 5.73 Å². The molecular formula is C23H23N5O. The van der Waals surface area contributed by atoms with Gasteiger partial charge in [0.25, 0.3) is 0 Å². The van der Waals surface area contributed by atoms with Crippen molar-refractivity contribution >= 4 is 22.4 Å². The third-order valence-electron chi connectivity index (χ3n) is 5.16. The molecule has 0 fully saturated rings. The van der Waals surface area contributed by atoms with Gasteiger partial charge in [-0.25, -0.2) is 9.67 Å². The van der Waals surface area contributed by atoms with E-state index in [1.165, 1.54) is 10.8 Å². The molecule has 0 aliphatic heterocycles. The van der Waals surface area contributed by atoms with Crippen LogP contribution in [0.2, 0.25) is 0 Å². The van der Waals surface area contributed by atoms with Crippen molar-refractivity contribution in [1.29, 1.82) is 0 Å². The Hall–Kier alpha value is -3.54. The molecule has 2 N–H and O–H groups in total. The average Bonchev–Trinajstić information content (AvgIpc) is 3.15. The molecule has 0 radical (unpaired) electrons. The monoisotopic (exact) mass is 385 g/mol. The summed E-state index contributed by atoms with van der Waals surface area (Å²) in [5.41, 5.74) is 10.3. The van der Waals surface area contributed by atoms with Gasteiger partial charge >= 0.3 is 0 Å². The van der Waals surface area contributed by atoms with Gasteiger partial charge in [0, 0.05) is 12.1 Å². The minimum atomic E-state index is -0.0228. The van der Waals surface area contributed by atoms with Crippen molar-refractivity contribution in [2.24, 2.45) is 0 Å². The maximum absolute atomic E-state index is 12.6. The van der Waals surface area contributed by atoms with Crippen LogP contribution in [0.5, 0.6) is 0 Å². The molecule has 0 saturated heterocycles. The Morgan fingerprint density at radius 1 is 1.07 bits per heavy atom. The van der Waals surface area contributed by atoms with Crippen LogP contribution in [-0.4, -0.2) is 25.8 Å². The molecule has 0 aliphatic rings. The molecule has 2 aromatic carbocycles. The number of rotatable bonds is 6. The highest BCUT2D eigenvalue weighted by Gasteiger charge is 2.14. The van der Waals surface area contributed by atoms with Crippen LogP contribution in [0, 0.1) is 13.8 Å². The smallest absolute Gasteiger partial charge is 0.185 e. The van der Waals surface area contributed by atoms with Crippen LogP contribution in [0.4, 0.5) is 5.82 Å². The number of aromatic nitrogens is 4. The Morgan fingerprint density at radius 2 is 1.86 bits per heavy atom. The lowest BCUT2D eigenvalue weighted by atomic mass is 10.0. The first-order valence-electron chi connectivity index (χ1n) is 9.63. The number of nitrogens with zero attached hydrogens (tertiary/aromatic N) is 4. The molecule has 0 spiro atoms. The van der Waals surface area contributed by atoms with Crippen LogP contribution in [0.3, 0.4) is 0 Å². The molecule has 0 saturated carbocycles. The van der Waals surface area contributed by atoms with Gasteiger partial charge < -0.3 is 5.73 Å². The highest BCUT2D eigenvalue weighted by Crippen LogP contribution is 2.18. The summed E-state index contributed by atoms with van der Waals surface area (Å²) in [4.78, 5) is 16.9. The first-order chi connectivity index (χ1) is 14.0. The third-order valence-corrected chi connectivity index (χ3v) is 5.16. The van der Waals surface area contributed by atoms with E-state index in [1.807, 2.05) is 32.0 Å². The summed E-state index contributed by atoms with van der Waals surface area (Å²) in [6.45, 7) is 4.49. The molecule has 29 heavy (non-hydrogen) atoms. The van der Waals surface area contributed by atoms with Crippen molar-refractivity contribution in [1.82, 2.24) is 20.0 Å². The number of ketones is 1. The summed E-state index contributed by atoms with van der Waals surface area (Å²) in [6.07, 6.45) is 2.70. The molecule has 0 atom stereocenters. The van der Waals surface area contributed by atoms with Crippen LogP contribution in [0.25, 0.3) is 10.8 Å². The van der Waals surface area contributed by atoms with E-state index in [2.05, 4.69) is 45.6 Å². The molecule has 6 nitrogen and oxygen atoms in total. The normalized spacial score (nSPS) is 11.1. The van der Waals surface area contributed by atoms with Gasteiger partial charge in [0.1, 0.15) is 11.5 Å². The number of aryl methyl sites for hydroxylation is 2. The molecule has 6 heteroatoms. The fraction of sp³-hybridized carbons (Fsp3) is 0.217. The molecule has 0 amide bonds. The number of anilines is 1. The maximum atomic E-state index is 12.6. The van der Waals surface area contributed by atoms with Gasteiger partial charge in [-0.2, -0.15) is 0 Å². The number of Topliss-reactive ketones (excluding diaryl/α,β-unsaturated/α-hetero) is 1.